The van der Waals surface area contributed by atoms with E-state index in [1.54, 1.807) is 28.4 Å². The van der Waals surface area contributed by atoms with Crippen LogP contribution in [0.25, 0.3) is 0 Å². The van der Waals surface area contributed by atoms with E-state index in [2.05, 4.69) is 6.67 Å². The molecule has 3 aromatic rings. The third kappa shape index (κ3) is 8.17. The molecule has 1 aliphatic rings. The van der Waals surface area contributed by atoms with Crippen molar-refractivity contribution in [1.29, 1.82) is 0 Å². The molecule has 0 aromatic heterocycles. The number of hydrogen-bond acceptors (Lipinski definition) is 7. The third-order valence-corrected chi connectivity index (χ3v) is 7.43. The monoisotopic (exact) mass is 662 g/mol. The van der Waals surface area contributed by atoms with Gasteiger partial charge in [0.1, 0.15) is 34.4 Å². The SMILES string of the molecule is CC(C)Oc1ccccc1[CH]=[Ru]([Cl])[Cl].COc1cccc(OC)c1N1[C]N(c2c(OC)cccc2OC)CC1. The number of ether oxygens (including phenoxy) is 5. The van der Waals surface area contributed by atoms with Crippen LogP contribution in [0.5, 0.6) is 28.7 Å². The minimum atomic E-state index is -1.77. The Labute approximate surface area is 244 Å². The Morgan fingerprint density at radius 1 is 0.692 bits per heavy atom. The van der Waals surface area contributed by atoms with Gasteiger partial charge in [-0.15, -0.1) is 0 Å². The largest absolute Gasteiger partial charge is 0.494 e. The van der Waals surface area contributed by atoms with Crippen LogP contribution < -0.4 is 33.5 Å². The standard InChI is InChI=1S/C19H22N2O4.C10H12O.2ClH.Ru/c1-22-14-7-5-8-15(23-2)18(14)20-11-12-21(13-20)19-16(24-3)9-6-10-17(19)25-4;1-8(2)11-10-7-5-4-6-9(10)3;;;/h5-10H,11-12H2,1-4H3;3-8H,1-2H3;2*1H;/q;;;;+2/p-2. The molecule has 212 valence electrons. The first-order valence-electron chi connectivity index (χ1n) is 12.1. The first kappa shape index (κ1) is 30.9. The Morgan fingerprint density at radius 3 is 1.49 bits per heavy atom. The zero-order valence-electron chi connectivity index (χ0n) is 22.9. The van der Waals surface area contributed by atoms with Crippen LogP contribution in [0.3, 0.4) is 0 Å². The second-order valence-electron chi connectivity index (χ2n) is 8.44. The molecule has 7 nitrogen and oxygen atoms in total. The maximum atomic E-state index is 5.82. The van der Waals surface area contributed by atoms with Crippen molar-refractivity contribution in [2.24, 2.45) is 0 Å². The molecular formula is C29H34Cl2N2O5Ru. The summed E-state index contributed by atoms with van der Waals surface area (Å²) < 4.78 is 29.5. The maximum Gasteiger partial charge on any atom is 0.209 e. The van der Waals surface area contributed by atoms with Gasteiger partial charge in [0.2, 0.25) is 6.67 Å². The third-order valence-electron chi connectivity index (χ3n) is 5.60. The van der Waals surface area contributed by atoms with Crippen LogP contribution in [0, 0.1) is 6.67 Å². The number of anilines is 2. The number of halogens is 2. The smallest absolute Gasteiger partial charge is 0.209 e. The molecule has 0 unspecified atom stereocenters. The van der Waals surface area contributed by atoms with Crippen molar-refractivity contribution in [2.75, 3.05) is 51.3 Å². The molecule has 1 aliphatic heterocycles. The Morgan fingerprint density at radius 2 is 1.10 bits per heavy atom. The Kier molecular flexibility index (Phi) is 12.0. The number of hydrogen-bond donors (Lipinski definition) is 0. The van der Waals surface area contributed by atoms with E-state index in [0.717, 1.165) is 58.8 Å². The number of nitrogens with zero attached hydrogens (tertiary/aromatic N) is 2. The Bertz CT molecular complexity index is 1150. The van der Waals surface area contributed by atoms with Gasteiger partial charge in [-0.25, -0.2) is 0 Å². The normalized spacial score (nSPS) is 12.9. The van der Waals surface area contributed by atoms with Gasteiger partial charge >= 0.3 is 97.8 Å². The molecule has 3 aromatic carbocycles. The first-order chi connectivity index (χ1) is 18.8. The fraction of sp³-hybridized carbons (Fsp3) is 0.310. The van der Waals surface area contributed by atoms with Gasteiger partial charge in [0.25, 0.3) is 0 Å². The van der Waals surface area contributed by atoms with Crippen molar-refractivity contribution in [3.05, 3.63) is 72.9 Å². The molecule has 2 radical (unpaired) electrons. The van der Waals surface area contributed by atoms with Crippen LogP contribution in [0.2, 0.25) is 0 Å². The average molecular weight is 663 g/mol. The van der Waals surface area contributed by atoms with Crippen molar-refractivity contribution >= 4 is 35.4 Å². The van der Waals surface area contributed by atoms with Crippen LogP contribution in [0.1, 0.15) is 19.4 Å². The van der Waals surface area contributed by atoms with E-state index in [4.69, 9.17) is 43.1 Å². The molecule has 1 saturated heterocycles. The zero-order valence-corrected chi connectivity index (χ0v) is 26.1. The minimum Gasteiger partial charge on any atom is -0.494 e. The second-order valence-corrected chi connectivity index (χ2v) is 14.2. The minimum absolute atomic E-state index is 0.163. The van der Waals surface area contributed by atoms with Gasteiger partial charge in [0.05, 0.1) is 28.4 Å². The van der Waals surface area contributed by atoms with Gasteiger partial charge in [-0.1, -0.05) is 12.1 Å². The van der Waals surface area contributed by atoms with Gasteiger partial charge in [0.15, 0.2) is 0 Å². The molecule has 0 bridgehead atoms. The summed E-state index contributed by atoms with van der Waals surface area (Å²) in [5, 5.41) is 0. The van der Waals surface area contributed by atoms with Crippen molar-refractivity contribution < 1.29 is 37.2 Å². The van der Waals surface area contributed by atoms with E-state index in [0.29, 0.717) is 0 Å². The number of para-hydroxylation sites is 3. The molecule has 1 fully saturated rings. The first-order valence-corrected chi connectivity index (χ1v) is 17.6. The van der Waals surface area contributed by atoms with E-state index in [9.17, 15) is 0 Å². The van der Waals surface area contributed by atoms with Crippen LogP contribution in [-0.2, 0) is 13.5 Å². The molecule has 4 rings (SSSR count). The Hall–Kier alpha value is -2.67. The second kappa shape index (κ2) is 15.2. The molecule has 39 heavy (non-hydrogen) atoms. The van der Waals surface area contributed by atoms with Crippen LogP contribution in [0.4, 0.5) is 11.4 Å². The predicted octanol–water partition coefficient (Wildman–Crippen LogP) is 6.59. The van der Waals surface area contributed by atoms with E-state index in [-0.39, 0.29) is 6.10 Å². The van der Waals surface area contributed by atoms with Gasteiger partial charge in [-0.3, -0.25) is 0 Å². The van der Waals surface area contributed by atoms with E-state index in [1.807, 2.05) is 88.9 Å². The number of methoxy groups -OCH3 is 4. The van der Waals surface area contributed by atoms with E-state index < -0.39 is 13.5 Å². The fourth-order valence-electron chi connectivity index (χ4n) is 3.97. The van der Waals surface area contributed by atoms with Gasteiger partial charge in [-0.2, -0.15) is 0 Å². The molecule has 0 atom stereocenters. The molecule has 0 saturated carbocycles. The summed E-state index contributed by atoms with van der Waals surface area (Å²) in [7, 11) is 18.2. The van der Waals surface area contributed by atoms with Crippen LogP contribution in [0.15, 0.2) is 60.7 Å². The summed E-state index contributed by atoms with van der Waals surface area (Å²) in [4.78, 5) is 3.98. The van der Waals surface area contributed by atoms with Crippen molar-refractivity contribution in [3.8, 4) is 28.7 Å². The zero-order chi connectivity index (χ0) is 28.4. The van der Waals surface area contributed by atoms with Crippen molar-refractivity contribution in [1.82, 2.24) is 0 Å². The Balaban J connectivity index is 0.000000255. The average Bonchev–Trinajstić information content (AvgIpc) is 3.42. The molecule has 1 heterocycles. The summed E-state index contributed by atoms with van der Waals surface area (Å²) >= 11 is -1.77. The predicted molar refractivity (Wildman–Crippen MR) is 156 cm³/mol. The summed E-state index contributed by atoms with van der Waals surface area (Å²) in [6.45, 7) is 8.82. The molecule has 0 spiro atoms. The van der Waals surface area contributed by atoms with Crippen LogP contribution >= 0.6 is 19.4 Å². The van der Waals surface area contributed by atoms with Crippen molar-refractivity contribution in [3.63, 3.8) is 0 Å². The number of benzene rings is 3. The van der Waals surface area contributed by atoms with E-state index >= 15 is 0 Å². The van der Waals surface area contributed by atoms with Crippen molar-refractivity contribution in [2.45, 2.75) is 20.0 Å². The molecule has 0 aliphatic carbocycles. The summed E-state index contributed by atoms with van der Waals surface area (Å²) in [6, 6.07) is 19.2. The fourth-order valence-corrected chi connectivity index (χ4v) is 5.78. The molecule has 0 N–H and O–H groups in total. The molecule has 0 amide bonds. The summed E-state index contributed by atoms with van der Waals surface area (Å²) in [5.41, 5.74) is 2.69. The topological polar surface area (TPSA) is 52.6 Å². The van der Waals surface area contributed by atoms with Crippen LogP contribution in [-0.4, -0.2) is 52.2 Å². The number of rotatable bonds is 9. The summed E-state index contributed by atoms with van der Waals surface area (Å²) in [6.07, 6.45) is 0.163. The maximum absolute atomic E-state index is 5.82. The van der Waals surface area contributed by atoms with E-state index in [1.165, 1.54) is 0 Å². The quantitative estimate of drug-likeness (QED) is 0.240. The summed E-state index contributed by atoms with van der Waals surface area (Å²) in [5.74, 6) is 3.80. The van der Waals surface area contributed by atoms with Gasteiger partial charge in [-0.05, 0) is 24.3 Å². The molecule has 10 heteroatoms. The molecular weight excluding hydrogens is 628 g/mol. The van der Waals surface area contributed by atoms with Gasteiger partial charge in [0, 0.05) is 13.1 Å². The van der Waals surface area contributed by atoms with Gasteiger partial charge < -0.3 is 28.7 Å².